The molecule has 8 heteroatoms. The van der Waals surface area contributed by atoms with E-state index in [1.54, 1.807) is 0 Å². The summed E-state index contributed by atoms with van der Waals surface area (Å²) in [6, 6.07) is 4.82. The molecule has 0 heterocycles. The standard InChI is InChI=1S/C12H16N2O5S/c1-13(8-9-6-11(15)7-9)20(18,19)12-4-2-10(3-5-12)14(16)17/h2-5,9,11,15H,6-8H2,1H3. The molecule has 7 nitrogen and oxygen atoms in total. The van der Waals surface area contributed by atoms with Crippen LogP contribution in [0.4, 0.5) is 5.69 Å². The zero-order valence-electron chi connectivity index (χ0n) is 11.0. The number of hydrogen-bond donors (Lipinski definition) is 1. The van der Waals surface area contributed by atoms with Gasteiger partial charge in [0, 0.05) is 25.7 Å². The van der Waals surface area contributed by atoms with Gasteiger partial charge in [0.1, 0.15) is 0 Å². The summed E-state index contributed by atoms with van der Waals surface area (Å²) in [7, 11) is -2.17. The summed E-state index contributed by atoms with van der Waals surface area (Å²) >= 11 is 0. The fourth-order valence-corrected chi connectivity index (χ4v) is 3.48. The van der Waals surface area contributed by atoms with Crippen molar-refractivity contribution in [3.8, 4) is 0 Å². The number of rotatable bonds is 5. The predicted octanol–water partition coefficient (Wildman–Crippen LogP) is 0.986. The highest BCUT2D eigenvalue weighted by molar-refractivity contribution is 7.89. The lowest BCUT2D eigenvalue weighted by Gasteiger charge is -2.34. The maximum atomic E-state index is 12.3. The third-order valence-corrected chi connectivity index (χ3v) is 5.32. The first-order valence-corrected chi connectivity index (χ1v) is 7.63. The molecule has 0 amide bonds. The van der Waals surface area contributed by atoms with E-state index in [0.717, 1.165) is 0 Å². The van der Waals surface area contributed by atoms with Crippen LogP contribution in [0.25, 0.3) is 0 Å². The lowest BCUT2D eigenvalue weighted by atomic mass is 9.82. The zero-order chi connectivity index (χ0) is 14.9. The lowest BCUT2D eigenvalue weighted by molar-refractivity contribution is -0.384. The van der Waals surface area contributed by atoms with Gasteiger partial charge < -0.3 is 5.11 Å². The molecule has 110 valence electrons. The van der Waals surface area contributed by atoms with Crippen molar-refractivity contribution in [1.29, 1.82) is 0 Å². The molecule has 20 heavy (non-hydrogen) atoms. The summed E-state index contributed by atoms with van der Waals surface area (Å²) < 4.78 is 25.8. The number of nitro benzene ring substituents is 1. The summed E-state index contributed by atoms with van der Waals surface area (Å²) in [6.45, 7) is 0.344. The average molecular weight is 300 g/mol. The van der Waals surface area contributed by atoms with E-state index in [-0.39, 0.29) is 22.6 Å². The van der Waals surface area contributed by atoms with Crippen LogP contribution in [0.2, 0.25) is 0 Å². The molecule has 0 unspecified atom stereocenters. The Labute approximate surface area is 117 Å². The zero-order valence-corrected chi connectivity index (χ0v) is 11.8. The van der Waals surface area contributed by atoms with Gasteiger partial charge in [-0.2, -0.15) is 0 Å². The highest BCUT2D eigenvalue weighted by Crippen LogP contribution is 2.29. The van der Waals surface area contributed by atoms with E-state index in [1.807, 2.05) is 0 Å². The second-order valence-electron chi connectivity index (χ2n) is 5.03. The molecule has 1 aliphatic rings. The van der Waals surface area contributed by atoms with Gasteiger partial charge in [0.15, 0.2) is 0 Å². The molecule has 1 N–H and O–H groups in total. The van der Waals surface area contributed by atoms with E-state index >= 15 is 0 Å². The Morgan fingerprint density at radius 1 is 1.35 bits per heavy atom. The Morgan fingerprint density at radius 2 is 1.90 bits per heavy atom. The van der Waals surface area contributed by atoms with E-state index in [9.17, 15) is 23.6 Å². The molecule has 1 aromatic carbocycles. The summed E-state index contributed by atoms with van der Waals surface area (Å²) in [4.78, 5) is 10.00. The van der Waals surface area contributed by atoms with Crippen molar-refractivity contribution in [1.82, 2.24) is 4.31 Å². The minimum Gasteiger partial charge on any atom is -0.393 e. The predicted molar refractivity (Wildman–Crippen MR) is 71.6 cm³/mol. The van der Waals surface area contributed by atoms with Crippen LogP contribution in [-0.4, -0.2) is 42.4 Å². The highest BCUT2D eigenvalue weighted by Gasteiger charge is 2.31. The van der Waals surface area contributed by atoms with Gasteiger partial charge in [-0.1, -0.05) is 0 Å². The number of sulfonamides is 1. The molecular weight excluding hydrogens is 284 g/mol. The maximum absolute atomic E-state index is 12.3. The van der Waals surface area contributed by atoms with Gasteiger partial charge in [0.2, 0.25) is 10.0 Å². The molecular formula is C12H16N2O5S. The van der Waals surface area contributed by atoms with Crippen LogP contribution in [0.5, 0.6) is 0 Å². The van der Waals surface area contributed by atoms with E-state index in [2.05, 4.69) is 0 Å². The Hall–Kier alpha value is -1.51. The van der Waals surface area contributed by atoms with Crippen molar-refractivity contribution in [2.75, 3.05) is 13.6 Å². The summed E-state index contributed by atoms with van der Waals surface area (Å²) in [5.41, 5.74) is -0.145. The molecule has 0 saturated heterocycles. The molecule has 2 rings (SSSR count). The number of non-ortho nitro benzene ring substituents is 1. The number of aliphatic hydroxyl groups is 1. The van der Waals surface area contributed by atoms with Crippen LogP contribution in [0.1, 0.15) is 12.8 Å². The number of aliphatic hydroxyl groups excluding tert-OH is 1. The van der Waals surface area contributed by atoms with E-state index < -0.39 is 14.9 Å². The van der Waals surface area contributed by atoms with Crippen molar-refractivity contribution in [2.45, 2.75) is 23.8 Å². The van der Waals surface area contributed by atoms with Gasteiger partial charge in [-0.3, -0.25) is 10.1 Å². The van der Waals surface area contributed by atoms with Crippen LogP contribution in [0.3, 0.4) is 0 Å². The largest absolute Gasteiger partial charge is 0.393 e. The van der Waals surface area contributed by atoms with Gasteiger partial charge in [-0.25, -0.2) is 12.7 Å². The van der Waals surface area contributed by atoms with E-state index in [0.29, 0.717) is 19.4 Å². The monoisotopic (exact) mass is 300 g/mol. The Morgan fingerprint density at radius 3 is 2.35 bits per heavy atom. The van der Waals surface area contributed by atoms with Gasteiger partial charge in [0.05, 0.1) is 15.9 Å². The molecule has 0 aromatic heterocycles. The van der Waals surface area contributed by atoms with Crippen molar-refractivity contribution in [2.24, 2.45) is 5.92 Å². The van der Waals surface area contributed by atoms with Crippen LogP contribution in [0.15, 0.2) is 29.2 Å². The van der Waals surface area contributed by atoms with E-state index in [4.69, 9.17) is 0 Å². The minimum atomic E-state index is -3.64. The third-order valence-electron chi connectivity index (χ3n) is 3.48. The van der Waals surface area contributed by atoms with Gasteiger partial charge in [-0.15, -0.1) is 0 Å². The minimum absolute atomic E-state index is 0.0328. The van der Waals surface area contributed by atoms with Crippen molar-refractivity contribution < 1.29 is 18.4 Å². The molecule has 0 radical (unpaired) electrons. The number of nitro groups is 1. The average Bonchev–Trinajstić information content (AvgIpc) is 2.36. The number of nitrogens with zero attached hydrogens (tertiary/aromatic N) is 2. The smallest absolute Gasteiger partial charge is 0.269 e. The number of benzene rings is 1. The first kappa shape index (κ1) is 14.9. The molecule has 1 fully saturated rings. The first-order valence-electron chi connectivity index (χ1n) is 6.19. The second-order valence-corrected chi connectivity index (χ2v) is 7.07. The summed E-state index contributed by atoms with van der Waals surface area (Å²) in [6.07, 6.45) is 0.899. The molecule has 0 aliphatic heterocycles. The van der Waals surface area contributed by atoms with Gasteiger partial charge in [-0.05, 0) is 30.9 Å². The van der Waals surface area contributed by atoms with Crippen molar-refractivity contribution in [3.63, 3.8) is 0 Å². The first-order chi connectivity index (χ1) is 9.30. The fourth-order valence-electron chi connectivity index (χ4n) is 2.23. The van der Waals surface area contributed by atoms with Crippen LogP contribution < -0.4 is 0 Å². The highest BCUT2D eigenvalue weighted by atomic mass is 32.2. The van der Waals surface area contributed by atoms with Crippen molar-refractivity contribution >= 4 is 15.7 Å². The summed E-state index contributed by atoms with van der Waals surface area (Å²) in [5, 5.41) is 19.7. The maximum Gasteiger partial charge on any atom is 0.269 e. The normalized spacial score (nSPS) is 22.6. The van der Waals surface area contributed by atoms with Crippen molar-refractivity contribution in [3.05, 3.63) is 34.4 Å². The Bertz CT molecular complexity index is 593. The quantitative estimate of drug-likeness (QED) is 0.645. The third kappa shape index (κ3) is 2.97. The van der Waals surface area contributed by atoms with Crippen LogP contribution in [0, 0.1) is 16.0 Å². The summed E-state index contributed by atoms with van der Waals surface area (Å²) in [5.74, 6) is 0.169. The molecule has 1 aromatic rings. The number of hydrogen-bond acceptors (Lipinski definition) is 5. The Kier molecular flexibility index (Phi) is 4.07. The molecule has 0 bridgehead atoms. The Balaban J connectivity index is 2.10. The SMILES string of the molecule is CN(CC1CC(O)C1)S(=O)(=O)c1ccc([N+](=O)[O-])cc1. The molecule has 1 saturated carbocycles. The van der Waals surface area contributed by atoms with E-state index in [1.165, 1.54) is 35.6 Å². The van der Waals surface area contributed by atoms with Crippen LogP contribution >= 0.6 is 0 Å². The molecule has 1 aliphatic carbocycles. The van der Waals surface area contributed by atoms with Gasteiger partial charge >= 0.3 is 0 Å². The fraction of sp³-hybridized carbons (Fsp3) is 0.500. The van der Waals surface area contributed by atoms with Gasteiger partial charge in [0.25, 0.3) is 5.69 Å². The molecule has 0 spiro atoms. The van der Waals surface area contributed by atoms with Crippen LogP contribution in [-0.2, 0) is 10.0 Å². The lowest BCUT2D eigenvalue weighted by Crippen LogP contribution is -2.39. The molecule has 0 atom stereocenters. The topological polar surface area (TPSA) is 101 Å². The second kappa shape index (κ2) is 5.47.